The van der Waals surface area contributed by atoms with Gasteiger partial charge in [-0.1, -0.05) is 23.7 Å². The minimum absolute atomic E-state index is 0.222. The van der Waals surface area contributed by atoms with Gasteiger partial charge in [-0.15, -0.1) is 11.3 Å². The first-order valence-electron chi connectivity index (χ1n) is 7.06. The number of benzene rings is 2. The van der Waals surface area contributed by atoms with Gasteiger partial charge in [0.2, 0.25) is 0 Å². The van der Waals surface area contributed by atoms with Gasteiger partial charge in [0.15, 0.2) is 11.7 Å². The molecule has 0 N–H and O–H groups in total. The lowest BCUT2D eigenvalue weighted by Gasteiger charge is -2.07. The van der Waals surface area contributed by atoms with Crippen LogP contribution in [0.1, 0.15) is 32.4 Å². The molecule has 1 unspecified atom stereocenters. The molecule has 2 aromatic carbocycles. The van der Waals surface area contributed by atoms with Crippen LogP contribution in [-0.2, 0) is 0 Å². The van der Waals surface area contributed by atoms with Crippen LogP contribution in [0, 0.1) is 25.2 Å². The molecular weight excluding hydrogens is 328 g/mol. The fourth-order valence-electron chi connectivity index (χ4n) is 2.33. The molecule has 0 saturated heterocycles. The summed E-state index contributed by atoms with van der Waals surface area (Å²) in [6.45, 7) is 3.94. The standard InChI is InChI=1S/C18H13ClN2OS/c1-10-3-4-12(7-11(10)2)17(22)14(9-20)18-21-15-8-13(19)5-6-16(15)23-18/h3-8,14H,1-2H3. The van der Waals surface area contributed by atoms with Gasteiger partial charge in [0.25, 0.3) is 0 Å². The van der Waals surface area contributed by atoms with E-state index in [0.717, 1.165) is 15.8 Å². The smallest absolute Gasteiger partial charge is 0.186 e. The Morgan fingerprint density at radius 3 is 2.70 bits per heavy atom. The van der Waals surface area contributed by atoms with E-state index in [-0.39, 0.29) is 5.78 Å². The summed E-state index contributed by atoms with van der Waals surface area (Å²) in [6, 6.07) is 13.0. The molecule has 1 atom stereocenters. The summed E-state index contributed by atoms with van der Waals surface area (Å²) in [5.41, 5.74) is 3.40. The highest BCUT2D eigenvalue weighted by atomic mass is 35.5. The molecular formula is C18H13ClN2OS. The third-order valence-electron chi connectivity index (χ3n) is 3.80. The Bertz CT molecular complexity index is 955. The van der Waals surface area contributed by atoms with Crippen LogP contribution in [0.2, 0.25) is 5.02 Å². The molecule has 3 aromatic rings. The van der Waals surface area contributed by atoms with Crippen molar-refractivity contribution in [1.29, 1.82) is 5.26 Å². The average molecular weight is 341 g/mol. The number of aryl methyl sites for hydroxylation is 2. The molecule has 0 saturated carbocycles. The summed E-state index contributed by atoms with van der Waals surface area (Å²) < 4.78 is 0.914. The van der Waals surface area contributed by atoms with Crippen molar-refractivity contribution in [3.8, 4) is 6.07 Å². The maximum absolute atomic E-state index is 12.7. The lowest BCUT2D eigenvalue weighted by atomic mass is 9.96. The van der Waals surface area contributed by atoms with Gasteiger partial charge in [-0.25, -0.2) is 4.98 Å². The number of carbonyl (C=O) groups excluding carboxylic acids is 1. The van der Waals surface area contributed by atoms with E-state index >= 15 is 0 Å². The summed E-state index contributed by atoms with van der Waals surface area (Å²) in [5.74, 6) is -1.12. The lowest BCUT2D eigenvalue weighted by Crippen LogP contribution is -2.11. The average Bonchev–Trinajstić information content (AvgIpc) is 2.93. The van der Waals surface area contributed by atoms with Crippen molar-refractivity contribution in [3.63, 3.8) is 0 Å². The largest absolute Gasteiger partial charge is 0.292 e. The van der Waals surface area contributed by atoms with Crippen LogP contribution >= 0.6 is 22.9 Å². The fourth-order valence-corrected chi connectivity index (χ4v) is 3.49. The van der Waals surface area contributed by atoms with E-state index in [2.05, 4.69) is 11.1 Å². The van der Waals surface area contributed by atoms with Gasteiger partial charge in [0.05, 0.1) is 16.3 Å². The van der Waals surface area contributed by atoms with Gasteiger partial charge < -0.3 is 0 Å². The quantitative estimate of drug-likeness (QED) is 0.626. The maximum Gasteiger partial charge on any atom is 0.186 e. The van der Waals surface area contributed by atoms with Crippen LogP contribution in [0.4, 0.5) is 0 Å². The molecule has 0 fully saturated rings. The topological polar surface area (TPSA) is 53.8 Å². The van der Waals surface area contributed by atoms with Crippen molar-refractivity contribution in [3.05, 3.63) is 63.1 Å². The number of ketones is 1. The highest BCUT2D eigenvalue weighted by Crippen LogP contribution is 2.31. The number of hydrogen-bond acceptors (Lipinski definition) is 4. The van der Waals surface area contributed by atoms with Crippen molar-refractivity contribution in [1.82, 2.24) is 4.98 Å². The minimum atomic E-state index is -0.895. The molecule has 3 nitrogen and oxygen atoms in total. The summed E-state index contributed by atoms with van der Waals surface area (Å²) in [7, 11) is 0. The van der Waals surface area contributed by atoms with Crippen LogP contribution in [0.15, 0.2) is 36.4 Å². The number of aromatic nitrogens is 1. The Hall–Kier alpha value is -2.22. The number of carbonyl (C=O) groups is 1. The zero-order chi connectivity index (χ0) is 16.6. The number of nitriles is 1. The number of hydrogen-bond donors (Lipinski definition) is 0. The van der Waals surface area contributed by atoms with Crippen molar-refractivity contribution in [2.24, 2.45) is 0 Å². The third-order valence-corrected chi connectivity index (χ3v) is 5.13. The van der Waals surface area contributed by atoms with Gasteiger partial charge in [0, 0.05) is 10.6 Å². The first-order chi connectivity index (χ1) is 11.0. The van der Waals surface area contributed by atoms with Crippen molar-refractivity contribution in [2.75, 3.05) is 0 Å². The fraction of sp³-hybridized carbons (Fsp3) is 0.167. The van der Waals surface area contributed by atoms with Crippen LogP contribution < -0.4 is 0 Å². The monoisotopic (exact) mass is 340 g/mol. The van der Waals surface area contributed by atoms with E-state index in [9.17, 15) is 10.1 Å². The Morgan fingerprint density at radius 1 is 1.22 bits per heavy atom. The summed E-state index contributed by atoms with van der Waals surface area (Å²) in [4.78, 5) is 17.1. The Labute approximate surface area is 143 Å². The molecule has 114 valence electrons. The second-order valence-corrected chi connectivity index (χ2v) is 6.89. The first-order valence-corrected chi connectivity index (χ1v) is 8.26. The zero-order valence-electron chi connectivity index (χ0n) is 12.6. The molecule has 0 aliphatic rings. The van der Waals surface area contributed by atoms with Gasteiger partial charge >= 0.3 is 0 Å². The van der Waals surface area contributed by atoms with E-state index in [4.69, 9.17) is 11.6 Å². The third kappa shape index (κ3) is 2.98. The van der Waals surface area contributed by atoms with E-state index in [1.165, 1.54) is 11.3 Å². The van der Waals surface area contributed by atoms with Crippen LogP contribution in [-0.4, -0.2) is 10.8 Å². The van der Waals surface area contributed by atoms with Gasteiger partial charge in [0.1, 0.15) is 5.01 Å². The first kappa shape index (κ1) is 15.7. The van der Waals surface area contributed by atoms with Crippen molar-refractivity contribution < 1.29 is 4.79 Å². The molecule has 23 heavy (non-hydrogen) atoms. The summed E-state index contributed by atoms with van der Waals surface area (Å²) in [6.07, 6.45) is 0. The van der Waals surface area contributed by atoms with Crippen LogP contribution in [0.5, 0.6) is 0 Å². The second-order valence-electron chi connectivity index (χ2n) is 5.39. The zero-order valence-corrected chi connectivity index (χ0v) is 14.2. The van der Waals surface area contributed by atoms with Crippen molar-refractivity contribution in [2.45, 2.75) is 19.8 Å². The predicted octanol–water partition coefficient (Wildman–Crippen LogP) is 5.06. The number of thiazole rings is 1. The predicted molar refractivity (Wildman–Crippen MR) is 93.2 cm³/mol. The normalized spacial score (nSPS) is 12.1. The lowest BCUT2D eigenvalue weighted by molar-refractivity contribution is 0.0979. The SMILES string of the molecule is Cc1ccc(C(=O)C(C#N)c2nc3cc(Cl)ccc3s2)cc1C. The van der Waals surface area contributed by atoms with Crippen LogP contribution in [0.25, 0.3) is 10.2 Å². The summed E-state index contributed by atoms with van der Waals surface area (Å²) >= 11 is 7.32. The molecule has 1 aromatic heterocycles. The second kappa shape index (κ2) is 6.11. The Kier molecular flexibility index (Phi) is 4.16. The maximum atomic E-state index is 12.7. The number of halogens is 1. The van der Waals surface area contributed by atoms with Crippen molar-refractivity contribution >= 4 is 38.9 Å². The number of rotatable bonds is 3. The number of fused-ring (bicyclic) bond motifs is 1. The van der Waals surface area contributed by atoms with E-state index < -0.39 is 5.92 Å². The molecule has 0 aliphatic carbocycles. The summed E-state index contributed by atoms with van der Waals surface area (Å²) in [5, 5.41) is 10.6. The van der Waals surface area contributed by atoms with Gasteiger partial charge in [-0.2, -0.15) is 5.26 Å². The highest BCUT2D eigenvalue weighted by Gasteiger charge is 2.25. The Morgan fingerprint density at radius 2 is 2.00 bits per heavy atom. The number of nitrogens with zero attached hydrogens (tertiary/aromatic N) is 2. The molecule has 0 bridgehead atoms. The van der Waals surface area contributed by atoms with E-state index in [1.54, 1.807) is 18.2 Å². The molecule has 0 amide bonds. The van der Waals surface area contributed by atoms with E-state index in [1.807, 2.05) is 32.0 Å². The van der Waals surface area contributed by atoms with Crippen LogP contribution in [0.3, 0.4) is 0 Å². The molecule has 5 heteroatoms. The molecule has 0 spiro atoms. The highest BCUT2D eigenvalue weighted by molar-refractivity contribution is 7.18. The molecule has 3 rings (SSSR count). The number of Topliss-reactive ketones (excluding diaryl/α,β-unsaturated/α-hetero) is 1. The van der Waals surface area contributed by atoms with E-state index in [0.29, 0.717) is 21.1 Å². The molecule has 0 aliphatic heterocycles. The van der Waals surface area contributed by atoms with Gasteiger partial charge in [-0.3, -0.25) is 4.79 Å². The minimum Gasteiger partial charge on any atom is -0.292 e. The molecule has 0 radical (unpaired) electrons. The van der Waals surface area contributed by atoms with Gasteiger partial charge in [-0.05, 0) is 49.2 Å². The Balaban J connectivity index is 2.02. The molecule has 1 heterocycles.